The third-order valence-electron chi connectivity index (χ3n) is 5.11. The number of amides is 1. The van der Waals surface area contributed by atoms with Gasteiger partial charge in [-0.25, -0.2) is 0 Å². The molecule has 1 saturated heterocycles. The smallest absolute Gasteiger partial charge is 0.257 e. The lowest BCUT2D eigenvalue weighted by molar-refractivity contribution is 0.0746. The van der Waals surface area contributed by atoms with Crippen LogP contribution in [0.5, 0.6) is 0 Å². The van der Waals surface area contributed by atoms with Crippen LogP contribution in [-0.4, -0.2) is 41.6 Å². The quantitative estimate of drug-likeness (QED) is 0.699. The second-order valence-corrected chi connectivity index (χ2v) is 7.87. The van der Waals surface area contributed by atoms with E-state index in [1.54, 1.807) is 11.3 Å². The Labute approximate surface area is 158 Å². The number of aryl methyl sites for hydroxylation is 1. The fourth-order valence-electron chi connectivity index (χ4n) is 3.48. The van der Waals surface area contributed by atoms with Crippen molar-refractivity contribution < 1.29 is 4.79 Å². The molecular weight excluding hydrogens is 342 g/mol. The van der Waals surface area contributed by atoms with Crippen LogP contribution in [-0.2, 0) is 0 Å². The van der Waals surface area contributed by atoms with Gasteiger partial charge in [0.15, 0.2) is 0 Å². The number of piperazine rings is 1. The Morgan fingerprint density at radius 2 is 1.58 bits per heavy atom. The van der Waals surface area contributed by atoms with Gasteiger partial charge in [-0.1, -0.05) is 18.2 Å². The molecule has 0 saturated carbocycles. The van der Waals surface area contributed by atoms with Crippen molar-refractivity contribution in [3.8, 4) is 5.00 Å². The summed E-state index contributed by atoms with van der Waals surface area (Å²) in [5.41, 5.74) is 3.20. The van der Waals surface area contributed by atoms with Crippen LogP contribution in [0.4, 0.5) is 5.69 Å². The molecule has 0 bridgehead atoms. The summed E-state index contributed by atoms with van der Waals surface area (Å²) in [5.74, 6) is 0.156. The first-order chi connectivity index (χ1) is 12.6. The van der Waals surface area contributed by atoms with Crippen molar-refractivity contribution in [1.29, 1.82) is 0 Å². The fraction of sp³-hybridized carbons (Fsp3) is 0.286. The molecule has 3 aromatic rings. The van der Waals surface area contributed by atoms with Gasteiger partial charge in [-0.15, -0.1) is 11.3 Å². The molecule has 0 N–H and O–H groups in total. The second kappa shape index (κ2) is 7.00. The average Bonchev–Trinajstić information content (AvgIpc) is 3.31. The molecule has 2 aromatic heterocycles. The molecule has 0 atom stereocenters. The molecule has 1 amide bonds. The van der Waals surface area contributed by atoms with E-state index in [0.717, 1.165) is 42.3 Å². The summed E-state index contributed by atoms with van der Waals surface area (Å²) in [6.45, 7) is 7.41. The number of para-hydroxylation sites is 1. The van der Waals surface area contributed by atoms with Crippen LogP contribution in [0.1, 0.15) is 20.8 Å². The number of carbonyl (C=O) groups excluding carboxylic acids is 1. The first kappa shape index (κ1) is 16.9. The number of hydrogen-bond donors (Lipinski definition) is 0. The highest BCUT2D eigenvalue weighted by Crippen LogP contribution is 2.32. The van der Waals surface area contributed by atoms with Gasteiger partial charge in [-0.2, -0.15) is 0 Å². The molecule has 4 rings (SSSR count). The van der Waals surface area contributed by atoms with Crippen LogP contribution in [0.2, 0.25) is 0 Å². The molecule has 5 heteroatoms. The van der Waals surface area contributed by atoms with E-state index in [4.69, 9.17) is 0 Å². The minimum absolute atomic E-state index is 0.156. The third-order valence-corrected chi connectivity index (χ3v) is 6.33. The molecule has 1 fully saturated rings. The number of aromatic nitrogens is 1. The van der Waals surface area contributed by atoms with E-state index in [2.05, 4.69) is 47.6 Å². The van der Waals surface area contributed by atoms with Gasteiger partial charge in [-0.05, 0) is 43.7 Å². The van der Waals surface area contributed by atoms with Gasteiger partial charge in [0.2, 0.25) is 0 Å². The summed E-state index contributed by atoms with van der Waals surface area (Å²) in [7, 11) is 0. The molecule has 0 spiro atoms. The zero-order chi connectivity index (χ0) is 18.1. The Bertz CT molecular complexity index is 891. The second-order valence-electron chi connectivity index (χ2n) is 6.67. The lowest BCUT2D eigenvalue weighted by atomic mass is 10.1. The fourth-order valence-corrected chi connectivity index (χ4v) is 4.59. The number of benzene rings is 1. The summed E-state index contributed by atoms with van der Waals surface area (Å²) >= 11 is 1.69. The molecule has 1 aromatic carbocycles. The first-order valence-corrected chi connectivity index (χ1v) is 9.79. The average molecular weight is 366 g/mol. The number of thiophene rings is 1. The van der Waals surface area contributed by atoms with Gasteiger partial charge in [0.25, 0.3) is 5.91 Å². The predicted octanol–water partition coefficient (Wildman–Crippen LogP) is 4.12. The van der Waals surface area contributed by atoms with Crippen LogP contribution in [0.3, 0.4) is 0 Å². The lowest BCUT2D eigenvalue weighted by Gasteiger charge is -2.36. The number of hydrogen-bond acceptors (Lipinski definition) is 3. The van der Waals surface area contributed by atoms with E-state index in [1.807, 2.05) is 35.5 Å². The Hall–Kier alpha value is -2.53. The Kier molecular flexibility index (Phi) is 4.55. The summed E-state index contributed by atoms with van der Waals surface area (Å²) in [4.78, 5) is 18.9. The van der Waals surface area contributed by atoms with E-state index >= 15 is 0 Å². The first-order valence-electron chi connectivity index (χ1n) is 8.98. The minimum atomic E-state index is 0.156. The normalized spacial score (nSPS) is 14.7. The summed E-state index contributed by atoms with van der Waals surface area (Å²) < 4.78 is 2.05. The summed E-state index contributed by atoms with van der Waals surface area (Å²) in [5, 5.41) is 1.03. The molecule has 0 aliphatic carbocycles. The van der Waals surface area contributed by atoms with Crippen LogP contribution < -0.4 is 4.90 Å². The van der Waals surface area contributed by atoms with Gasteiger partial charge < -0.3 is 14.4 Å². The van der Waals surface area contributed by atoms with Crippen LogP contribution in [0.25, 0.3) is 5.00 Å². The largest absolute Gasteiger partial charge is 0.368 e. The maximum absolute atomic E-state index is 13.3. The van der Waals surface area contributed by atoms with Gasteiger partial charge in [0, 0.05) is 49.1 Å². The zero-order valence-corrected chi connectivity index (χ0v) is 16.0. The zero-order valence-electron chi connectivity index (χ0n) is 15.2. The summed E-state index contributed by atoms with van der Waals surface area (Å²) in [6.07, 6.45) is 4.02. The van der Waals surface area contributed by atoms with E-state index in [1.165, 1.54) is 10.6 Å². The van der Waals surface area contributed by atoms with Crippen LogP contribution >= 0.6 is 11.3 Å². The van der Waals surface area contributed by atoms with E-state index in [0.29, 0.717) is 0 Å². The van der Waals surface area contributed by atoms with Gasteiger partial charge in [-0.3, -0.25) is 4.79 Å². The number of carbonyl (C=O) groups is 1. The van der Waals surface area contributed by atoms with Crippen LogP contribution in [0.15, 0.2) is 54.9 Å². The topological polar surface area (TPSA) is 28.5 Å². The summed E-state index contributed by atoms with van der Waals surface area (Å²) in [6, 6.07) is 14.4. The molecule has 3 heterocycles. The van der Waals surface area contributed by atoms with E-state index in [-0.39, 0.29) is 5.91 Å². The van der Waals surface area contributed by atoms with Crippen molar-refractivity contribution in [2.45, 2.75) is 13.8 Å². The molecule has 0 unspecified atom stereocenters. The van der Waals surface area contributed by atoms with E-state index in [9.17, 15) is 4.79 Å². The molecule has 26 heavy (non-hydrogen) atoms. The van der Waals surface area contributed by atoms with Crippen molar-refractivity contribution in [1.82, 2.24) is 9.47 Å². The maximum Gasteiger partial charge on any atom is 0.257 e. The highest BCUT2D eigenvalue weighted by Gasteiger charge is 2.27. The maximum atomic E-state index is 13.3. The molecule has 4 nitrogen and oxygen atoms in total. The van der Waals surface area contributed by atoms with Gasteiger partial charge in [0.1, 0.15) is 5.00 Å². The highest BCUT2D eigenvalue weighted by molar-refractivity contribution is 7.15. The van der Waals surface area contributed by atoms with Crippen LogP contribution in [0, 0.1) is 13.8 Å². The van der Waals surface area contributed by atoms with Gasteiger partial charge in [0.05, 0.1) is 5.56 Å². The number of anilines is 1. The lowest BCUT2D eigenvalue weighted by Crippen LogP contribution is -2.49. The van der Waals surface area contributed by atoms with Crippen molar-refractivity contribution in [2.75, 3.05) is 31.1 Å². The molecule has 0 radical (unpaired) electrons. The minimum Gasteiger partial charge on any atom is -0.368 e. The van der Waals surface area contributed by atoms with Crippen molar-refractivity contribution >= 4 is 22.9 Å². The monoisotopic (exact) mass is 365 g/mol. The molecule has 1 aliphatic heterocycles. The van der Waals surface area contributed by atoms with Crippen molar-refractivity contribution in [3.63, 3.8) is 0 Å². The molecule has 1 aliphatic rings. The Morgan fingerprint density at radius 1 is 0.923 bits per heavy atom. The third kappa shape index (κ3) is 3.03. The molecular formula is C21H23N3OS. The number of nitrogens with zero attached hydrogens (tertiary/aromatic N) is 3. The van der Waals surface area contributed by atoms with E-state index < -0.39 is 0 Å². The van der Waals surface area contributed by atoms with Crippen molar-refractivity contribution in [3.05, 3.63) is 70.9 Å². The predicted molar refractivity (Wildman–Crippen MR) is 108 cm³/mol. The number of rotatable bonds is 3. The highest BCUT2D eigenvalue weighted by atomic mass is 32.1. The Morgan fingerprint density at radius 3 is 2.23 bits per heavy atom. The van der Waals surface area contributed by atoms with Gasteiger partial charge >= 0.3 is 0 Å². The van der Waals surface area contributed by atoms with Crippen molar-refractivity contribution in [2.24, 2.45) is 0 Å². The SMILES string of the molecule is Cc1sc(-n2cccc2)c(C(=O)N2CCN(c3ccccc3)CC2)c1C. The standard InChI is InChI=1S/C21H23N3OS/c1-16-17(2)26-21(24-10-6-7-11-24)19(16)20(25)23-14-12-22(13-15-23)18-8-4-3-5-9-18/h3-11H,12-15H2,1-2H3. The molecule has 134 valence electrons. The Balaban J connectivity index is 1.55.